The predicted molar refractivity (Wildman–Crippen MR) is 87.7 cm³/mol. The molecule has 0 radical (unpaired) electrons. The van der Waals surface area contributed by atoms with Crippen molar-refractivity contribution in [3.05, 3.63) is 84.6 Å². The molecule has 1 unspecified atom stereocenters. The summed E-state index contributed by atoms with van der Waals surface area (Å²) < 4.78 is 10.3. The van der Waals surface area contributed by atoms with Crippen molar-refractivity contribution in [1.82, 2.24) is 0 Å². The zero-order valence-corrected chi connectivity index (χ0v) is 12.0. The highest BCUT2D eigenvalue weighted by atomic mass is 16.6. The van der Waals surface area contributed by atoms with Gasteiger partial charge in [0.05, 0.1) is 12.9 Å². The predicted octanol–water partition coefficient (Wildman–Crippen LogP) is 4.40. The van der Waals surface area contributed by atoms with Gasteiger partial charge in [0.2, 0.25) is 0 Å². The minimum absolute atomic E-state index is 0.334. The lowest BCUT2D eigenvalue weighted by molar-refractivity contribution is 0.214. The van der Waals surface area contributed by atoms with Crippen LogP contribution in [0.25, 0.3) is 12.2 Å². The van der Waals surface area contributed by atoms with Gasteiger partial charge in [-0.25, -0.2) is 0 Å². The molecule has 2 aromatic carbocycles. The maximum Gasteiger partial charge on any atom is 0.116 e. The number of epoxide rings is 1. The van der Waals surface area contributed by atoms with Gasteiger partial charge in [-0.2, -0.15) is 0 Å². The van der Waals surface area contributed by atoms with Crippen LogP contribution in [0.2, 0.25) is 0 Å². The van der Waals surface area contributed by atoms with Crippen molar-refractivity contribution in [2.75, 3.05) is 13.2 Å². The molecule has 0 aliphatic carbocycles. The lowest BCUT2D eigenvalue weighted by Crippen LogP contribution is -1.94. The summed E-state index contributed by atoms with van der Waals surface area (Å²) in [6, 6.07) is 20.1. The van der Waals surface area contributed by atoms with E-state index in [0.29, 0.717) is 12.7 Å². The monoisotopic (exact) mass is 280 g/mol. The normalized spacial score (nSPS) is 15.9. The van der Waals surface area contributed by atoms with Crippen LogP contribution in [0.15, 0.2) is 73.5 Å². The second-order valence-corrected chi connectivity index (χ2v) is 4.62. The first-order chi connectivity index (χ1) is 10.4. The zero-order valence-electron chi connectivity index (χ0n) is 12.0. The molecular weight excluding hydrogens is 260 g/mol. The Labute approximate surface area is 126 Å². The van der Waals surface area contributed by atoms with Gasteiger partial charge in [0, 0.05) is 0 Å². The summed E-state index contributed by atoms with van der Waals surface area (Å²) in [6.07, 6.45) is 5.83. The summed E-state index contributed by atoms with van der Waals surface area (Å²) in [7, 11) is 0. The van der Waals surface area contributed by atoms with Gasteiger partial charge in [-0.05, 0) is 17.2 Å². The second-order valence-electron chi connectivity index (χ2n) is 4.62. The lowest BCUT2D eigenvalue weighted by Gasteiger charge is -1.95. The minimum atomic E-state index is 0.334. The van der Waals surface area contributed by atoms with Gasteiger partial charge in [0.25, 0.3) is 0 Å². The van der Waals surface area contributed by atoms with Crippen LogP contribution in [0.5, 0.6) is 0 Å². The van der Waals surface area contributed by atoms with Gasteiger partial charge < -0.3 is 9.47 Å². The molecule has 1 atom stereocenters. The van der Waals surface area contributed by atoms with Crippen LogP contribution >= 0.6 is 0 Å². The molecule has 3 rings (SSSR count). The summed E-state index contributed by atoms with van der Waals surface area (Å²) >= 11 is 0. The van der Waals surface area contributed by atoms with Crippen LogP contribution < -0.4 is 0 Å². The fraction of sp³-hybridized carbons (Fsp3) is 0.158. The van der Waals surface area contributed by atoms with E-state index in [1.807, 2.05) is 72.8 Å². The first-order valence-corrected chi connectivity index (χ1v) is 7.01. The molecule has 1 aliphatic rings. The van der Waals surface area contributed by atoms with Crippen LogP contribution in [0.3, 0.4) is 0 Å². The molecule has 1 fully saturated rings. The van der Waals surface area contributed by atoms with Crippen LogP contribution in [-0.4, -0.2) is 19.3 Å². The molecular formula is C19H20O2. The van der Waals surface area contributed by atoms with Crippen LogP contribution in [0, 0.1) is 0 Å². The Bertz CT molecular complexity index is 542. The van der Waals surface area contributed by atoms with Crippen molar-refractivity contribution in [3.8, 4) is 0 Å². The minimum Gasteiger partial charge on any atom is -0.498 e. The van der Waals surface area contributed by atoms with E-state index in [1.165, 1.54) is 5.56 Å². The fourth-order valence-electron chi connectivity index (χ4n) is 1.61. The van der Waals surface area contributed by atoms with Gasteiger partial charge in [-0.1, -0.05) is 73.3 Å². The largest absolute Gasteiger partial charge is 0.498 e. The van der Waals surface area contributed by atoms with Crippen molar-refractivity contribution < 1.29 is 9.47 Å². The standard InChI is InChI=1S/C11H12O2.C8H8/c1-2-4-10(5-3-1)6-7-12-8-11-9-13-11;1-2-8-6-4-3-5-7-8/h1-7,11H,8-9H2;2-7H,1H2. The molecule has 108 valence electrons. The summed E-state index contributed by atoms with van der Waals surface area (Å²) in [6.45, 7) is 5.15. The molecule has 0 bridgehead atoms. The SMILES string of the molecule is C(=Cc1ccccc1)OCC1CO1.C=Cc1ccccc1. The molecule has 0 saturated carbocycles. The third kappa shape index (κ3) is 6.59. The van der Waals surface area contributed by atoms with Gasteiger partial charge in [0.1, 0.15) is 12.7 Å². The topological polar surface area (TPSA) is 21.8 Å². The lowest BCUT2D eigenvalue weighted by atomic mass is 10.2. The first kappa shape index (κ1) is 15.1. The zero-order chi connectivity index (χ0) is 14.8. The van der Waals surface area contributed by atoms with Crippen molar-refractivity contribution in [1.29, 1.82) is 0 Å². The Kier molecular flexibility index (Phi) is 6.30. The quantitative estimate of drug-likeness (QED) is 0.598. The number of hydrogen-bond donors (Lipinski definition) is 0. The fourth-order valence-corrected chi connectivity index (χ4v) is 1.61. The third-order valence-corrected chi connectivity index (χ3v) is 2.88. The Hall–Kier alpha value is -2.32. The van der Waals surface area contributed by atoms with E-state index in [9.17, 15) is 0 Å². The van der Waals surface area contributed by atoms with Crippen molar-refractivity contribution in [2.45, 2.75) is 6.10 Å². The van der Waals surface area contributed by atoms with Crippen molar-refractivity contribution >= 4 is 12.2 Å². The third-order valence-electron chi connectivity index (χ3n) is 2.88. The molecule has 0 aromatic heterocycles. The highest BCUT2D eigenvalue weighted by molar-refractivity contribution is 5.47. The molecule has 1 aliphatic heterocycles. The van der Waals surface area contributed by atoms with E-state index in [0.717, 1.165) is 12.2 Å². The van der Waals surface area contributed by atoms with Crippen LogP contribution in [-0.2, 0) is 9.47 Å². The summed E-state index contributed by atoms with van der Waals surface area (Å²) in [5.74, 6) is 0. The van der Waals surface area contributed by atoms with Crippen molar-refractivity contribution in [2.24, 2.45) is 0 Å². The van der Waals surface area contributed by atoms with Gasteiger partial charge in [0.15, 0.2) is 0 Å². The van der Waals surface area contributed by atoms with E-state index < -0.39 is 0 Å². The highest BCUT2D eigenvalue weighted by Crippen LogP contribution is 2.09. The first-order valence-electron chi connectivity index (χ1n) is 7.01. The second kappa shape index (κ2) is 8.77. The maximum atomic E-state index is 5.26. The Morgan fingerprint density at radius 2 is 1.57 bits per heavy atom. The molecule has 1 heterocycles. The van der Waals surface area contributed by atoms with E-state index in [1.54, 1.807) is 6.26 Å². The highest BCUT2D eigenvalue weighted by Gasteiger charge is 2.22. The average molecular weight is 280 g/mol. The smallest absolute Gasteiger partial charge is 0.116 e. The van der Waals surface area contributed by atoms with Crippen molar-refractivity contribution in [3.63, 3.8) is 0 Å². The molecule has 2 nitrogen and oxygen atoms in total. The molecule has 0 N–H and O–H groups in total. The van der Waals surface area contributed by atoms with E-state index in [2.05, 4.69) is 6.58 Å². The summed E-state index contributed by atoms with van der Waals surface area (Å²) in [5.41, 5.74) is 2.33. The average Bonchev–Trinajstić information content (AvgIpc) is 3.38. The van der Waals surface area contributed by atoms with E-state index in [-0.39, 0.29) is 0 Å². The number of benzene rings is 2. The summed E-state index contributed by atoms with van der Waals surface area (Å²) in [4.78, 5) is 0. The summed E-state index contributed by atoms with van der Waals surface area (Å²) in [5, 5.41) is 0. The molecule has 0 amide bonds. The van der Waals surface area contributed by atoms with Crippen LogP contribution in [0.1, 0.15) is 11.1 Å². The van der Waals surface area contributed by atoms with E-state index in [4.69, 9.17) is 9.47 Å². The van der Waals surface area contributed by atoms with Crippen LogP contribution in [0.4, 0.5) is 0 Å². The van der Waals surface area contributed by atoms with Gasteiger partial charge in [-0.15, -0.1) is 0 Å². The maximum absolute atomic E-state index is 5.26. The number of ether oxygens (including phenoxy) is 2. The Morgan fingerprint density at radius 1 is 1.00 bits per heavy atom. The number of rotatable bonds is 5. The molecule has 2 aromatic rings. The van der Waals surface area contributed by atoms with Gasteiger partial charge in [-0.3, -0.25) is 0 Å². The molecule has 2 heteroatoms. The van der Waals surface area contributed by atoms with Gasteiger partial charge >= 0.3 is 0 Å². The Morgan fingerprint density at radius 3 is 2.05 bits per heavy atom. The molecule has 0 spiro atoms. The Balaban J connectivity index is 0.000000173. The van der Waals surface area contributed by atoms with E-state index >= 15 is 0 Å². The number of hydrogen-bond acceptors (Lipinski definition) is 2. The molecule has 1 saturated heterocycles. The molecule has 21 heavy (non-hydrogen) atoms.